The number of morpholine rings is 1. The smallest absolute Gasteiger partial charge is 0.220 e. The quantitative estimate of drug-likeness (QED) is 0.756. The van der Waals surface area contributed by atoms with E-state index in [1.165, 1.54) is 5.56 Å². The minimum absolute atomic E-state index is 0.0361. The lowest BCUT2D eigenvalue weighted by Crippen LogP contribution is -2.51. The zero-order valence-electron chi connectivity index (χ0n) is 17.1. The van der Waals surface area contributed by atoms with E-state index in [0.717, 1.165) is 37.6 Å². The van der Waals surface area contributed by atoms with Crippen molar-refractivity contribution in [3.63, 3.8) is 0 Å². The van der Waals surface area contributed by atoms with Gasteiger partial charge in [0.1, 0.15) is 0 Å². The van der Waals surface area contributed by atoms with Gasteiger partial charge in [0.05, 0.1) is 19.4 Å². The van der Waals surface area contributed by atoms with Crippen LogP contribution in [0.25, 0.3) is 11.3 Å². The first-order chi connectivity index (χ1) is 13.5. The Morgan fingerprint density at radius 1 is 1.21 bits per heavy atom. The van der Waals surface area contributed by atoms with Crippen molar-refractivity contribution in [2.75, 3.05) is 32.8 Å². The molecule has 28 heavy (non-hydrogen) atoms. The van der Waals surface area contributed by atoms with Crippen molar-refractivity contribution >= 4 is 5.91 Å². The summed E-state index contributed by atoms with van der Waals surface area (Å²) in [6.07, 6.45) is 2.61. The van der Waals surface area contributed by atoms with Crippen LogP contribution in [0.2, 0.25) is 0 Å². The number of carbonyl (C=O) groups excluding carboxylic acids is 1. The van der Waals surface area contributed by atoms with E-state index in [-0.39, 0.29) is 5.91 Å². The molecular formula is C22H31N3O3. The van der Waals surface area contributed by atoms with E-state index in [2.05, 4.69) is 36.0 Å². The molecule has 0 bridgehead atoms. The summed E-state index contributed by atoms with van der Waals surface area (Å²) in [5.41, 5.74) is 2.20. The molecule has 1 saturated heterocycles. The van der Waals surface area contributed by atoms with E-state index in [9.17, 15) is 4.79 Å². The van der Waals surface area contributed by atoms with Crippen molar-refractivity contribution in [2.45, 2.75) is 39.7 Å². The summed E-state index contributed by atoms with van der Waals surface area (Å²) in [7, 11) is 0. The largest absolute Gasteiger partial charge is 0.441 e. The Hall–Kier alpha value is -2.18. The Labute approximate surface area is 167 Å². The average molecular weight is 386 g/mol. The van der Waals surface area contributed by atoms with E-state index in [1.807, 2.05) is 24.3 Å². The molecule has 1 N–H and O–H groups in total. The van der Waals surface area contributed by atoms with Crippen LogP contribution in [-0.4, -0.2) is 54.7 Å². The predicted octanol–water partition coefficient (Wildman–Crippen LogP) is 3.06. The molecule has 6 nitrogen and oxygen atoms in total. The molecule has 0 saturated carbocycles. The Morgan fingerprint density at radius 3 is 2.61 bits per heavy atom. The molecule has 6 heteroatoms. The zero-order chi connectivity index (χ0) is 19.9. The maximum absolute atomic E-state index is 12.3. The summed E-state index contributed by atoms with van der Waals surface area (Å²) >= 11 is 0. The minimum atomic E-state index is 0.0361. The number of aromatic nitrogens is 1. The standard InChI is InChI=1S/C22H31N3O3/c1-16(2)19(25-10-12-27-13-11-25)14-23-21(26)8-9-22-24-15-20(28-22)18-6-4-17(3)5-7-18/h4-7,15-16,19H,8-14H2,1-3H3,(H,23,26). The van der Waals surface area contributed by atoms with Crippen molar-refractivity contribution in [1.82, 2.24) is 15.2 Å². The molecule has 0 radical (unpaired) electrons. The van der Waals surface area contributed by atoms with Crippen LogP contribution in [0.3, 0.4) is 0 Å². The lowest BCUT2D eigenvalue weighted by Gasteiger charge is -2.36. The van der Waals surface area contributed by atoms with Crippen molar-refractivity contribution in [1.29, 1.82) is 0 Å². The number of oxazole rings is 1. The second-order valence-corrected chi connectivity index (χ2v) is 7.75. The number of nitrogens with zero attached hydrogens (tertiary/aromatic N) is 2. The number of benzene rings is 1. The molecule has 2 aromatic rings. The molecule has 1 aromatic heterocycles. The number of ether oxygens (including phenoxy) is 1. The van der Waals surface area contributed by atoms with E-state index < -0.39 is 0 Å². The van der Waals surface area contributed by atoms with Crippen molar-refractivity contribution in [2.24, 2.45) is 5.92 Å². The minimum Gasteiger partial charge on any atom is -0.441 e. The highest BCUT2D eigenvalue weighted by Gasteiger charge is 2.24. The molecular weight excluding hydrogens is 354 g/mol. The molecule has 1 amide bonds. The van der Waals surface area contributed by atoms with Gasteiger partial charge in [0, 0.05) is 44.1 Å². The fourth-order valence-corrected chi connectivity index (χ4v) is 3.50. The molecule has 1 atom stereocenters. The monoisotopic (exact) mass is 385 g/mol. The summed E-state index contributed by atoms with van der Waals surface area (Å²) < 4.78 is 11.2. The number of amides is 1. The molecule has 1 aliphatic heterocycles. The molecule has 0 aliphatic carbocycles. The second-order valence-electron chi connectivity index (χ2n) is 7.75. The summed E-state index contributed by atoms with van der Waals surface area (Å²) in [4.78, 5) is 19.0. The van der Waals surface area contributed by atoms with Gasteiger partial charge in [-0.15, -0.1) is 0 Å². The van der Waals surface area contributed by atoms with Crippen LogP contribution >= 0.6 is 0 Å². The second kappa shape index (κ2) is 9.85. The molecule has 1 unspecified atom stereocenters. The summed E-state index contributed by atoms with van der Waals surface area (Å²) in [5.74, 6) is 1.85. The van der Waals surface area contributed by atoms with Gasteiger partial charge in [-0.1, -0.05) is 43.7 Å². The predicted molar refractivity (Wildman–Crippen MR) is 109 cm³/mol. The van der Waals surface area contributed by atoms with Crippen LogP contribution < -0.4 is 5.32 Å². The molecule has 2 heterocycles. The Morgan fingerprint density at radius 2 is 1.93 bits per heavy atom. The van der Waals surface area contributed by atoms with Crippen LogP contribution in [-0.2, 0) is 16.0 Å². The van der Waals surface area contributed by atoms with Crippen LogP contribution in [0.5, 0.6) is 0 Å². The average Bonchev–Trinajstić information content (AvgIpc) is 3.17. The highest BCUT2D eigenvalue weighted by molar-refractivity contribution is 5.76. The summed E-state index contributed by atoms with van der Waals surface area (Å²) in [5, 5.41) is 3.09. The highest BCUT2D eigenvalue weighted by atomic mass is 16.5. The number of aryl methyl sites for hydroxylation is 2. The third-order valence-electron chi connectivity index (χ3n) is 5.25. The van der Waals surface area contributed by atoms with Gasteiger partial charge >= 0.3 is 0 Å². The Bertz CT molecular complexity index is 749. The van der Waals surface area contributed by atoms with Gasteiger partial charge in [-0.05, 0) is 12.8 Å². The van der Waals surface area contributed by atoms with Crippen LogP contribution in [0.15, 0.2) is 34.9 Å². The third-order valence-corrected chi connectivity index (χ3v) is 5.25. The first-order valence-electron chi connectivity index (χ1n) is 10.1. The number of rotatable bonds is 8. The zero-order valence-corrected chi connectivity index (χ0v) is 17.1. The van der Waals surface area contributed by atoms with Crippen molar-refractivity contribution < 1.29 is 13.9 Å². The third kappa shape index (κ3) is 5.66. The van der Waals surface area contributed by atoms with Crippen LogP contribution in [0.4, 0.5) is 0 Å². The van der Waals surface area contributed by atoms with Gasteiger partial charge in [-0.25, -0.2) is 4.98 Å². The lowest BCUT2D eigenvalue weighted by molar-refractivity contribution is -0.121. The SMILES string of the molecule is Cc1ccc(-c2cnc(CCC(=O)NCC(C(C)C)N3CCOCC3)o2)cc1. The van der Waals surface area contributed by atoms with Gasteiger partial charge in [-0.2, -0.15) is 0 Å². The molecule has 0 spiro atoms. The molecule has 152 valence electrons. The number of hydrogen-bond donors (Lipinski definition) is 1. The molecule has 1 fully saturated rings. The first kappa shape index (κ1) is 20.6. The van der Waals surface area contributed by atoms with Crippen molar-refractivity contribution in [3.05, 3.63) is 41.9 Å². The fourth-order valence-electron chi connectivity index (χ4n) is 3.50. The van der Waals surface area contributed by atoms with Crippen LogP contribution in [0.1, 0.15) is 31.7 Å². The molecule has 3 rings (SSSR count). The summed E-state index contributed by atoms with van der Waals surface area (Å²) in [6.45, 7) is 10.5. The molecule has 1 aromatic carbocycles. The van der Waals surface area contributed by atoms with Gasteiger partial charge in [0.15, 0.2) is 11.7 Å². The topological polar surface area (TPSA) is 67.6 Å². The van der Waals surface area contributed by atoms with Crippen LogP contribution in [0, 0.1) is 12.8 Å². The van der Waals surface area contributed by atoms with Gasteiger partial charge in [-0.3, -0.25) is 9.69 Å². The number of nitrogens with one attached hydrogen (secondary N) is 1. The lowest BCUT2D eigenvalue weighted by atomic mass is 10.0. The summed E-state index contributed by atoms with van der Waals surface area (Å²) in [6, 6.07) is 8.46. The number of carbonyl (C=O) groups is 1. The first-order valence-corrected chi connectivity index (χ1v) is 10.1. The van der Waals surface area contributed by atoms with Crippen molar-refractivity contribution in [3.8, 4) is 11.3 Å². The van der Waals surface area contributed by atoms with E-state index in [4.69, 9.17) is 9.15 Å². The van der Waals surface area contributed by atoms with E-state index in [0.29, 0.717) is 37.2 Å². The normalized spacial score (nSPS) is 16.3. The number of hydrogen-bond acceptors (Lipinski definition) is 5. The van der Waals surface area contributed by atoms with Gasteiger partial charge < -0.3 is 14.5 Å². The Kier molecular flexibility index (Phi) is 7.23. The molecule has 1 aliphatic rings. The maximum Gasteiger partial charge on any atom is 0.220 e. The maximum atomic E-state index is 12.3. The van der Waals surface area contributed by atoms with Gasteiger partial charge in [0.2, 0.25) is 5.91 Å². The Balaban J connectivity index is 1.46. The van der Waals surface area contributed by atoms with E-state index >= 15 is 0 Å². The highest BCUT2D eigenvalue weighted by Crippen LogP contribution is 2.21. The van der Waals surface area contributed by atoms with E-state index in [1.54, 1.807) is 6.20 Å². The fraction of sp³-hybridized carbons (Fsp3) is 0.545. The van der Waals surface area contributed by atoms with Gasteiger partial charge in [0.25, 0.3) is 0 Å².